The molecule has 1 aliphatic heterocycles. The molecule has 4 nitrogen and oxygen atoms in total. The molecule has 0 radical (unpaired) electrons. The summed E-state index contributed by atoms with van der Waals surface area (Å²) in [5, 5.41) is 21.2. The lowest BCUT2D eigenvalue weighted by Gasteiger charge is -2.55. The van der Waals surface area contributed by atoms with E-state index in [0.717, 1.165) is 18.7 Å². The number of benzene rings is 1. The highest BCUT2D eigenvalue weighted by molar-refractivity contribution is 5.43. The molecule has 0 unspecified atom stereocenters. The lowest BCUT2D eigenvalue weighted by Crippen LogP contribution is -2.63. The summed E-state index contributed by atoms with van der Waals surface area (Å²) in [6, 6.07) is 12.1. The van der Waals surface area contributed by atoms with Crippen LogP contribution in [0, 0.1) is 16.7 Å². The fourth-order valence-corrected chi connectivity index (χ4v) is 4.05. The van der Waals surface area contributed by atoms with Crippen molar-refractivity contribution in [3.05, 3.63) is 65.0 Å². The number of nitrogens with zero attached hydrogens (tertiary/aromatic N) is 3. The number of rotatable bonds is 4. The van der Waals surface area contributed by atoms with E-state index in [1.165, 1.54) is 11.8 Å². The van der Waals surface area contributed by atoms with Crippen LogP contribution in [-0.2, 0) is 5.60 Å². The van der Waals surface area contributed by atoms with Crippen molar-refractivity contribution < 1.29 is 5.11 Å². The number of hydrogen-bond acceptors (Lipinski definition) is 4. The van der Waals surface area contributed by atoms with Crippen LogP contribution in [-0.4, -0.2) is 35.1 Å². The molecule has 1 fully saturated rings. The van der Waals surface area contributed by atoms with Crippen LogP contribution in [0.5, 0.6) is 0 Å². The van der Waals surface area contributed by atoms with Crippen molar-refractivity contribution in [2.24, 2.45) is 5.41 Å². The van der Waals surface area contributed by atoms with Crippen molar-refractivity contribution in [3.8, 4) is 6.07 Å². The van der Waals surface area contributed by atoms with Crippen molar-refractivity contribution >= 4 is 0 Å². The van der Waals surface area contributed by atoms with Gasteiger partial charge in [0.15, 0.2) is 0 Å². The first kappa shape index (κ1) is 17.6. The Morgan fingerprint density at radius 1 is 1.20 bits per heavy atom. The first-order valence-corrected chi connectivity index (χ1v) is 8.67. The number of likely N-dealkylation sites (tertiary alicyclic amines) is 1. The van der Waals surface area contributed by atoms with Crippen LogP contribution in [0.3, 0.4) is 0 Å². The quantitative estimate of drug-likeness (QED) is 0.931. The molecule has 0 aliphatic carbocycles. The van der Waals surface area contributed by atoms with Gasteiger partial charge in [-0.05, 0) is 30.2 Å². The second kappa shape index (κ2) is 6.25. The minimum Gasteiger partial charge on any atom is -0.380 e. The summed E-state index contributed by atoms with van der Waals surface area (Å²) in [5.41, 5.74) is 1.71. The zero-order valence-corrected chi connectivity index (χ0v) is 15.3. The van der Waals surface area contributed by atoms with Crippen LogP contribution >= 0.6 is 0 Å². The SMILES string of the molecule is CC(C)c1ccc([C@](O)(c2cncc(C#N)c2)C2(C)CN(C)C2)cc1. The molecule has 1 aromatic carbocycles. The summed E-state index contributed by atoms with van der Waals surface area (Å²) in [7, 11) is 2.05. The molecule has 1 aliphatic rings. The molecular weight excluding hydrogens is 310 g/mol. The van der Waals surface area contributed by atoms with E-state index in [1.807, 2.05) is 19.2 Å². The third-order valence-electron chi connectivity index (χ3n) is 5.39. The van der Waals surface area contributed by atoms with E-state index in [9.17, 15) is 10.4 Å². The van der Waals surface area contributed by atoms with Gasteiger partial charge in [-0.15, -0.1) is 0 Å². The van der Waals surface area contributed by atoms with Crippen molar-refractivity contribution in [2.45, 2.75) is 32.3 Å². The van der Waals surface area contributed by atoms with Crippen LogP contribution in [0.2, 0.25) is 0 Å². The maximum absolute atomic E-state index is 11.9. The number of hydrogen-bond donors (Lipinski definition) is 1. The van der Waals surface area contributed by atoms with Gasteiger partial charge in [0.05, 0.1) is 5.56 Å². The Morgan fingerprint density at radius 2 is 1.84 bits per heavy atom. The first-order valence-electron chi connectivity index (χ1n) is 8.67. The molecule has 1 saturated heterocycles. The highest BCUT2D eigenvalue weighted by Gasteiger charge is 2.55. The van der Waals surface area contributed by atoms with Gasteiger partial charge in [-0.1, -0.05) is 45.0 Å². The van der Waals surface area contributed by atoms with Crippen molar-refractivity contribution in [1.82, 2.24) is 9.88 Å². The Hall–Kier alpha value is -2.22. The lowest BCUT2D eigenvalue weighted by atomic mass is 9.62. The molecular formula is C21H25N3O. The summed E-state index contributed by atoms with van der Waals surface area (Å²) in [6.07, 6.45) is 3.21. The van der Waals surface area contributed by atoms with Crippen molar-refractivity contribution in [3.63, 3.8) is 0 Å². The number of nitriles is 1. The molecule has 0 spiro atoms. The van der Waals surface area contributed by atoms with E-state index in [4.69, 9.17) is 0 Å². The summed E-state index contributed by atoms with van der Waals surface area (Å²) < 4.78 is 0. The fourth-order valence-electron chi connectivity index (χ4n) is 4.05. The van der Waals surface area contributed by atoms with Gasteiger partial charge in [0.25, 0.3) is 0 Å². The summed E-state index contributed by atoms with van der Waals surface area (Å²) in [4.78, 5) is 6.38. The predicted molar refractivity (Wildman–Crippen MR) is 98.1 cm³/mol. The minimum absolute atomic E-state index is 0.336. The van der Waals surface area contributed by atoms with Crippen LogP contribution < -0.4 is 0 Å². The zero-order valence-electron chi connectivity index (χ0n) is 15.3. The van der Waals surface area contributed by atoms with Crippen LogP contribution in [0.25, 0.3) is 0 Å². The number of aromatic nitrogens is 1. The van der Waals surface area contributed by atoms with Gasteiger partial charge in [-0.3, -0.25) is 4.98 Å². The third-order valence-corrected chi connectivity index (χ3v) is 5.39. The highest BCUT2D eigenvalue weighted by atomic mass is 16.3. The van der Waals surface area contributed by atoms with E-state index >= 15 is 0 Å². The van der Waals surface area contributed by atoms with Crippen molar-refractivity contribution in [2.75, 3.05) is 20.1 Å². The normalized spacial score (nSPS) is 19.1. The molecule has 1 aromatic heterocycles. The van der Waals surface area contributed by atoms with E-state index in [0.29, 0.717) is 17.0 Å². The minimum atomic E-state index is -1.19. The Kier molecular flexibility index (Phi) is 4.40. The van der Waals surface area contributed by atoms with Gasteiger partial charge in [0.1, 0.15) is 11.7 Å². The predicted octanol–water partition coefficient (Wildman–Crippen LogP) is 3.26. The topological polar surface area (TPSA) is 60.2 Å². The second-order valence-corrected chi connectivity index (χ2v) is 7.79. The molecule has 0 saturated carbocycles. The van der Waals surface area contributed by atoms with Crippen LogP contribution in [0.1, 0.15) is 48.9 Å². The molecule has 2 aromatic rings. The van der Waals surface area contributed by atoms with Gasteiger partial charge in [0, 0.05) is 36.5 Å². The molecule has 1 N–H and O–H groups in total. The molecule has 1 atom stereocenters. The summed E-state index contributed by atoms with van der Waals surface area (Å²) in [5.74, 6) is 0.441. The van der Waals surface area contributed by atoms with E-state index in [-0.39, 0.29) is 5.41 Å². The van der Waals surface area contributed by atoms with Crippen LogP contribution in [0.4, 0.5) is 0 Å². The first-order chi connectivity index (χ1) is 11.8. The number of aliphatic hydroxyl groups is 1. The Bertz CT molecular complexity index is 801. The Balaban J connectivity index is 2.14. The molecule has 3 rings (SSSR count). The molecule has 25 heavy (non-hydrogen) atoms. The van der Waals surface area contributed by atoms with E-state index in [1.54, 1.807) is 12.3 Å². The summed E-state index contributed by atoms with van der Waals surface area (Å²) in [6.45, 7) is 7.98. The summed E-state index contributed by atoms with van der Waals surface area (Å²) >= 11 is 0. The maximum Gasteiger partial charge on any atom is 0.124 e. The van der Waals surface area contributed by atoms with Crippen LogP contribution in [0.15, 0.2) is 42.7 Å². The molecule has 0 amide bonds. The largest absolute Gasteiger partial charge is 0.380 e. The Morgan fingerprint density at radius 3 is 2.36 bits per heavy atom. The second-order valence-electron chi connectivity index (χ2n) is 7.79. The van der Waals surface area contributed by atoms with E-state index in [2.05, 4.69) is 48.9 Å². The molecule has 2 heterocycles. The average molecular weight is 335 g/mol. The highest BCUT2D eigenvalue weighted by Crippen LogP contribution is 2.50. The monoisotopic (exact) mass is 335 g/mol. The van der Waals surface area contributed by atoms with Gasteiger partial charge < -0.3 is 10.0 Å². The van der Waals surface area contributed by atoms with Gasteiger partial charge in [-0.2, -0.15) is 5.26 Å². The smallest absolute Gasteiger partial charge is 0.124 e. The van der Waals surface area contributed by atoms with Crippen molar-refractivity contribution in [1.29, 1.82) is 5.26 Å². The van der Waals surface area contributed by atoms with Gasteiger partial charge in [0.2, 0.25) is 0 Å². The van der Waals surface area contributed by atoms with E-state index < -0.39 is 5.60 Å². The molecule has 0 bridgehead atoms. The molecule has 4 heteroatoms. The average Bonchev–Trinajstić information content (AvgIpc) is 2.59. The lowest BCUT2D eigenvalue weighted by molar-refractivity contribution is -0.127. The standard InChI is InChI=1S/C21H25N3O/c1-15(2)17-5-7-18(8-6-17)21(25,20(3)13-24(4)14-20)19-9-16(10-22)11-23-12-19/h5-9,11-12,15,25H,13-14H2,1-4H3/t21-/m0/s1. The maximum atomic E-state index is 11.9. The molecule has 130 valence electrons. The fraction of sp³-hybridized carbons (Fsp3) is 0.429. The zero-order chi connectivity index (χ0) is 18.2. The number of pyridine rings is 1. The van der Waals surface area contributed by atoms with Gasteiger partial charge >= 0.3 is 0 Å². The van der Waals surface area contributed by atoms with Gasteiger partial charge in [-0.25, -0.2) is 0 Å². The Labute approximate surface area is 149 Å². The third kappa shape index (κ3) is 2.84.